The molecule has 1 aliphatic heterocycles. The number of aromatic nitrogens is 1. The smallest absolute Gasteiger partial charge is 0.0547 e. The average Bonchev–Trinajstić information content (AvgIpc) is 3.59. The van der Waals surface area contributed by atoms with Gasteiger partial charge in [0.25, 0.3) is 0 Å². The Balaban J connectivity index is 1.12. The molecule has 0 spiro atoms. The molecule has 0 saturated carbocycles. The summed E-state index contributed by atoms with van der Waals surface area (Å²) in [6.45, 7) is 0. The molecular weight excluding hydrogens is 683 g/mol. The molecule has 0 unspecified atom stereocenters. The van der Waals surface area contributed by atoms with E-state index in [0.29, 0.717) is 0 Å². The van der Waals surface area contributed by atoms with E-state index in [9.17, 15) is 0 Å². The minimum atomic E-state index is -0.316. The Bertz CT molecular complexity index is 2960. The maximum Gasteiger partial charge on any atom is 0.0547 e. The molecule has 260 valence electrons. The van der Waals surface area contributed by atoms with Crippen molar-refractivity contribution in [3.05, 3.63) is 222 Å². The van der Waals surface area contributed by atoms with Gasteiger partial charge in [0.2, 0.25) is 0 Å². The first-order valence-corrected chi connectivity index (χ1v) is 20.0. The van der Waals surface area contributed by atoms with Gasteiger partial charge in [0, 0.05) is 31.7 Å². The van der Waals surface area contributed by atoms with Crippen LogP contribution in [0.5, 0.6) is 0 Å². The molecule has 55 heavy (non-hydrogen) atoms. The molecule has 2 heteroatoms. The van der Waals surface area contributed by atoms with Crippen molar-refractivity contribution >= 4 is 55.1 Å². The van der Waals surface area contributed by atoms with Crippen molar-refractivity contribution < 1.29 is 0 Å². The standard InChI is InChI=1S/C53H37NS/c1-3-14-36(15-4-1)34-53(51-43-20-9-7-16-38(43)30-32-48(51)55-49-33-31-39-17-8-10-21-44(39)52(49)53)35-37-26-28-40(29-27-37)42-23-13-25-47-50(42)45-22-11-12-24-46(45)54(47)41-18-5-2-6-19-41/h1-33H,34-35H2. The molecule has 0 bridgehead atoms. The first-order chi connectivity index (χ1) is 27.2. The topological polar surface area (TPSA) is 4.93 Å². The van der Waals surface area contributed by atoms with E-state index in [1.54, 1.807) is 0 Å². The van der Waals surface area contributed by atoms with Crippen LogP contribution in [0.1, 0.15) is 22.3 Å². The van der Waals surface area contributed by atoms with Crippen LogP contribution in [-0.4, -0.2) is 4.57 Å². The summed E-state index contributed by atoms with van der Waals surface area (Å²) in [4.78, 5) is 2.71. The molecule has 10 aromatic rings. The maximum absolute atomic E-state index is 2.40. The van der Waals surface area contributed by atoms with Crippen LogP contribution in [0.3, 0.4) is 0 Å². The third-order valence-corrected chi connectivity index (χ3v) is 12.9. The minimum Gasteiger partial charge on any atom is -0.309 e. The van der Waals surface area contributed by atoms with Crippen LogP contribution in [0.4, 0.5) is 0 Å². The number of fused-ring (bicyclic) bond motifs is 9. The van der Waals surface area contributed by atoms with E-state index < -0.39 is 0 Å². The van der Waals surface area contributed by atoms with Crippen molar-refractivity contribution in [3.63, 3.8) is 0 Å². The van der Waals surface area contributed by atoms with Crippen LogP contribution in [0.15, 0.2) is 210 Å². The highest BCUT2D eigenvalue weighted by Crippen LogP contribution is 2.56. The Kier molecular flexibility index (Phi) is 7.53. The van der Waals surface area contributed by atoms with Crippen molar-refractivity contribution in [2.45, 2.75) is 28.0 Å². The fourth-order valence-corrected chi connectivity index (χ4v) is 10.9. The predicted octanol–water partition coefficient (Wildman–Crippen LogP) is 14.0. The van der Waals surface area contributed by atoms with Gasteiger partial charge in [0.1, 0.15) is 0 Å². The SMILES string of the molecule is c1ccc(CC2(Cc3ccc(-c4cccc5c4c4ccccc4n5-c4ccccc4)cc3)c3c(ccc4ccccc34)Sc3ccc4ccccc4c32)cc1. The summed E-state index contributed by atoms with van der Waals surface area (Å²) in [5.41, 5.74) is 11.4. The zero-order chi connectivity index (χ0) is 36.3. The second-order valence-electron chi connectivity index (χ2n) is 14.9. The van der Waals surface area contributed by atoms with Crippen LogP contribution in [0, 0.1) is 0 Å². The largest absolute Gasteiger partial charge is 0.309 e. The van der Waals surface area contributed by atoms with E-state index in [0.717, 1.165) is 12.8 Å². The fraction of sp³-hybridized carbons (Fsp3) is 0.0566. The third-order valence-electron chi connectivity index (χ3n) is 11.8. The van der Waals surface area contributed by atoms with Gasteiger partial charge in [-0.1, -0.05) is 176 Å². The number of hydrogen-bond acceptors (Lipinski definition) is 1. The molecule has 0 saturated heterocycles. The number of hydrogen-bond donors (Lipinski definition) is 0. The summed E-state index contributed by atoms with van der Waals surface area (Å²) in [5, 5.41) is 7.84. The van der Waals surface area contributed by atoms with E-state index in [1.165, 1.54) is 92.2 Å². The van der Waals surface area contributed by atoms with Gasteiger partial charge in [0.05, 0.1) is 11.0 Å². The Labute approximate surface area is 325 Å². The lowest BCUT2D eigenvalue weighted by Gasteiger charge is -2.43. The Hall–Kier alpha value is -6.35. The zero-order valence-corrected chi connectivity index (χ0v) is 31.1. The highest BCUT2D eigenvalue weighted by Gasteiger charge is 2.43. The molecule has 1 aliphatic rings. The van der Waals surface area contributed by atoms with Gasteiger partial charge in [-0.15, -0.1) is 0 Å². The molecule has 2 heterocycles. The highest BCUT2D eigenvalue weighted by molar-refractivity contribution is 7.99. The number of benzene rings is 9. The van der Waals surface area contributed by atoms with Crippen molar-refractivity contribution in [3.8, 4) is 16.8 Å². The molecular formula is C53H37NS. The lowest BCUT2D eigenvalue weighted by Crippen LogP contribution is -2.36. The quantitative estimate of drug-likeness (QED) is 0.166. The van der Waals surface area contributed by atoms with Crippen molar-refractivity contribution in [1.82, 2.24) is 4.57 Å². The molecule has 0 radical (unpaired) electrons. The molecule has 9 aromatic carbocycles. The monoisotopic (exact) mass is 719 g/mol. The zero-order valence-electron chi connectivity index (χ0n) is 30.3. The molecule has 1 nitrogen and oxygen atoms in total. The number of rotatable bonds is 6. The van der Waals surface area contributed by atoms with Gasteiger partial charge in [-0.05, 0) is 104 Å². The van der Waals surface area contributed by atoms with E-state index >= 15 is 0 Å². The Morgan fingerprint density at radius 2 is 0.927 bits per heavy atom. The lowest BCUT2D eigenvalue weighted by molar-refractivity contribution is 0.494. The Morgan fingerprint density at radius 1 is 0.400 bits per heavy atom. The molecule has 1 aromatic heterocycles. The normalized spacial score (nSPS) is 13.3. The van der Waals surface area contributed by atoms with Crippen molar-refractivity contribution in [2.75, 3.05) is 0 Å². The highest BCUT2D eigenvalue weighted by atomic mass is 32.2. The van der Waals surface area contributed by atoms with Gasteiger partial charge in [-0.3, -0.25) is 0 Å². The second-order valence-corrected chi connectivity index (χ2v) is 16.0. The first-order valence-electron chi connectivity index (χ1n) is 19.2. The van der Waals surface area contributed by atoms with Crippen LogP contribution in [0.25, 0.3) is 60.2 Å². The molecule has 0 fully saturated rings. The third kappa shape index (κ3) is 5.17. The van der Waals surface area contributed by atoms with E-state index in [1.807, 2.05) is 11.8 Å². The summed E-state index contributed by atoms with van der Waals surface area (Å²) in [5.74, 6) is 0. The summed E-state index contributed by atoms with van der Waals surface area (Å²) < 4.78 is 2.40. The summed E-state index contributed by atoms with van der Waals surface area (Å²) in [6.07, 6.45) is 1.78. The minimum absolute atomic E-state index is 0.316. The van der Waals surface area contributed by atoms with Crippen LogP contribution >= 0.6 is 11.8 Å². The van der Waals surface area contributed by atoms with Gasteiger partial charge in [0.15, 0.2) is 0 Å². The molecule has 0 N–H and O–H groups in total. The van der Waals surface area contributed by atoms with Gasteiger partial charge in [-0.2, -0.15) is 0 Å². The number of nitrogens with zero attached hydrogens (tertiary/aromatic N) is 1. The predicted molar refractivity (Wildman–Crippen MR) is 233 cm³/mol. The molecule has 11 rings (SSSR count). The van der Waals surface area contributed by atoms with Crippen molar-refractivity contribution in [2.24, 2.45) is 0 Å². The summed E-state index contributed by atoms with van der Waals surface area (Å²) in [7, 11) is 0. The van der Waals surface area contributed by atoms with E-state index in [4.69, 9.17) is 0 Å². The van der Waals surface area contributed by atoms with E-state index in [2.05, 4.69) is 205 Å². The molecule has 0 amide bonds. The summed E-state index contributed by atoms with van der Waals surface area (Å²) in [6, 6.07) is 74.3. The Morgan fingerprint density at radius 3 is 1.58 bits per heavy atom. The van der Waals surface area contributed by atoms with Gasteiger partial charge < -0.3 is 4.57 Å². The van der Waals surface area contributed by atoms with Gasteiger partial charge in [-0.25, -0.2) is 0 Å². The fourth-order valence-electron chi connectivity index (χ4n) is 9.53. The number of para-hydroxylation sites is 2. The average molecular weight is 720 g/mol. The first kappa shape index (κ1) is 32.1. The maximum atomic E-state index is 2.40. The lowest BCUT2D eigenvalue weighted by atomic mass is 9.64. The second kappa shape index (κ2) is 12.9. The van der Waals surface area contributed by atoms with Crippen LogP contribution in [0.2, 0.25) is 0 Å². The summed E-state index contributed by atoms with van der Waals surface area (Å²) >= 11 is 1.94. The van der Waals surface area contributed by atoms with Crippen molar-refractivity contribution in [1.29, 1.82) is 0 Å². The van der Waals surface area contributed by atoms with E-state index in [-0.39, 0.29) is 5.41 Å². The molecule has 0 atom stereocenters. The van der Waals surface area contributed by atoms with Crippen LogP contribution < -0.4 is 0 Å². The van der Waals surface area contributed by atoms with Gasteiger partial charge >= 0.3 is 0 Å². The molecule has 0 aliphatic carbocycles. The van der Waals surface area contributed by atoms with Crippen LogP contribution in [-0.2, 0) is 18.3 Å².